The Hall–Kier alpha value is -1.05. The fourth-order valence-electron chi connectivity index (χ4n) is 0.604. The molecule has 0 aliphatic carbocycles. The van der Waals surface area contributed by atoms with E-state index >= 15 is 0 Å². The van der Waals surface area contributed by atoms with Gasteiger partial charge >= 0.3 is 5.97 Å². The summed E-state index contributed by atoms with van der Waals surface area (Å²) >= 11 is 0. The summed E-state index contributed by atoms with van der Waals surface area (Å²) in [7, 11) is 1.37. The summed E-state index contributed by atoms with van der Waals surface area (Å²) in [6.07, 6.45) is 1.79. The predicted octanol–water partition coefficient (Wildman–Crippen LogP) is 0.223. The van der Waals surface area contributed by atoms with E-state index < -0.39 is 0 Å². The zero-order valence-electron chi connectivity index (χ0n) is 7.13. The molecule has 68 valence electrons. The Morgan fingerprint density at radius 3 is 2.83 bits per heavy atom. The molecule has 4 heteroatoms. The van der Waals surface area contributed by atoms with Crippen molar-refractivity contribution < 1.29 is 14.4 Å². The summed E-state index contributed by atoms with van der Waals surface area (Å²) in [5.74, 6) is 10.0. The number of ether oxygens (including phenoxy) is 1. The lowest BCUT2D eigenvalue weighted by atomic mass is 10.2. The average Bonchev–Trinajstić information content (AvgIpc) is 2.10. The third-order valence-electron chi connectivity index (χ3n) is 1.19. The van der Waals surface area contributed by atoms with Gasteiger partial charge in [0.2, 0.25) is 0 Å². The van der Waals surface area contributed by atoms with Crippen molar-refractivity contribution in [2.24, 2.45) is 5.90 Å². The number of methoxy groups -OCH3 is 1. The lowest BCUT2D eigenvalue weighted by Gasteiger charge is -1.94. The molecule has 0 heterocycles. The number of unbranched alkanes of at least 4 members (excludes halogenated alkanes) is 1. The van der Waals surface area contributed by atoms with Crippen LogP contribution in [0.1, 0.15) is 19.3 Å². The number of nitrogens with two attached hydrogens (primary N) is 1. The van der Waals surface area contributed by atoms with Crippen LogP contribution in [-0.4, -0.2) is 19.7 Å². The molecule has 0 aromatic carbocycles. The molecule has 2 N–H and O–H groups in total. The first-order valence-electron chi connectivity index (χ1n) is 3.65. The third kappa shape index (κ3) is 7.06. The van der Waals surface area contributed by atoms with Crippen LogP contribution in [0.15, 0.2) is 0 Å². The molecule has 0 unspecified atom stereocenters. The second-order valence-corrected chi connectivity index (χ2v) is 2.09. The van der Waals surface area contributed by atoms with E-state index in [0.717, 1.165) is 0 Å². The van der Waals surface area contributed by atoms with Gasteiger partial charge in [0.1, 0.15) is 6.61 Å². The van der Waals surface area contributed by atoms with E-state index in [2.05, 4.69) is 21.4 Å². The largest absolute Gasteiger partial charge is 0.469 e. The van der Waals surface area contributed by atoms with Crippen LogP contribution in [0.3, 0.4) is 0 Å². The maximum absolute atomic E-state index is 10.6. The molecular weight excluding hydrogens is 158 g/mol. The molecule has 0 aliphatic rings. The molecule has 0 rings (SSSR count). The standard InChI is InChI=1S/C8H13NO3/c1-11-8(10)6-4-2-3-5-7-12-9/h2,4,6-7,9H2,1H3. The number of carbonyl (C=O) groups excluding carboxylic acids is 1. The summed E-state index contributed by atoms with van der Waals surface area (Å²) in [6, 6.07) is 0. The summed E-state index contributed by atoms with van der Waals surface area (Å²) in [5.41, 5.74) is 0. The van der Waals surface area contributed by atoms with Crippen LogP contribution in [0.4, 0.5) is 0 Å². The molecular formula is C8H13NO3. The van der Waals surface area contributed by atoms with Gasteiger partial charge in [-0.2, -0.15) is 0 Å². The summed E-state index contributed by atoms with van der Waals surface area (Å²) in [5, 5.41) is 0. The third-order valence-corrected chi connectivity index (χ3v) is 1.19. The Balaban J connectivity index is 3.22. The summed E-state index contributed by atoms with van der Waals surface area (Å²) in [4.78, 5) is 14.8. The molecule has 4 nitrogen and oxygen atoms in total. The van der Waals surface area contributed by atoms with Crippen LogP contribution in [0, 0.1) is 11.8 Å². The highest BCUT2D eigenvalue weighted by Crippen LogP contribution is 1.94. The quantitative estimate of drug-likeness (QED) is 0.284. The van der Waals surface area contributed by atoms with Crippen molar-refractivity contribution in [1.82, 2.24) is 0 Å². The van der Waals surface area contributed by atoms with Crippen LogP contribution in [-0.2, 0) is 14.4 Å². The van der Waals surface area contributed by atoms with Gasteiger partial charge in [-0.05, 0) is 6.42 Å². The van der Waals surface area contributed by atoms with Gasteiger partial charge in [0.05, 0.1) is 7.11 Å². The Morgan fingerprint density at radius 1 is 1.50 bits per heavy atom. The lowest BCUT2D eigenvalue weighted by molar-refractivity contribution is -0.140. The van der Waals surface area contributed by atoms with E-state index in [1.54, 1.807) is 0 Å². The van der Waals surface area contributed by atoms with Crippen molar-refractivity contribution in [3.8, 4) is 11.8 Å². The van der Waals surface area contributed by atoms with Crippen LogP contribution in [0.5, 0.6) is 0 Å². The zero-order chi connectivity index (χ0) is 9.23. The molecule has 0 saturated carbocycles. The normalized spacial score (nSPS) is 8.50. The fourth-order valence-corrected chi connectivity index (χ4v) is 0.604. The van der Waals surface area contributed by atoms with E-state index in [1.807, 2.05) is 0 Å². The Bertz CT molecular complexity index is 180. The number of esters is 1. The van der Waals surface area contributed by atoms with Gasteiger partial charge in [0.15, 0.2) is 0 Å². The van der Waals surface area contributed by atoms with Crippen molar-refractivity contribution in [2.45, 2.75) is 19.3 Å². The molecule has 0 aliphatic heterocycles. The van der Waals surface area contributed by atoms with E-state index in [9.17, 15) is 4.79 Å². The number of hydrogen-bond donors (Lipinski definition) is 1. The minimum absolute atomic E-state index is 0.202. The number of hydrogen-bond acceptors (Lipinski definition) is 4. The van der Waals surface area contributed by atoms with E-state index in [1.165, 1.54) is 7.11 Å². The highest BCUT2D eigenvalue weighted by molar-refractivity contribution is 5.69. The minimum atomic E-state index is -0.202. The Kier molecular flexibility index (Phi) is 7.35. The molecule has 0 atom stereocenters. The van der Waals surface area contributed by atoms with Crippen molar-refractivity contribution in [3.05, 3.63) is 0 Å². The molecule has 0 fully saturated rings. The molecule has 0 saturated heterocycles. The van der Waals surface area contributed by atoms with Crippen LogP contribution >= 0.6 is 0 Å². The average molecular weight is 171 g/mol. The Morgan fingerprint density at radius 2 is 2.25 bits per heavy atom. The molecule has 0 spiro atoms. The first kappa shape index (κ1) is 11.0. The van der Waals surface area contributed by atoms with Crippen LogP contribution < -0.4 is 5.90 Å². The van der Waals surface area contributed by atoms with Crippen molar-refractivity contribution in [2.75, 3.05) is 13.7 Å². The van der Waals surface area contributed by atoms with Crippen LogP contribution in [0.25, 0.3) is 0 Å². The van der Waals surface area contributed by atoms with E-state index in [0.29, 0.717) is 19.3 Å². The summed E-state index contributed by atoms with van der Waals surface area (Å²) in [6.45, 7) is 0.234. The zero-order valence-corrected chi connectivity index (χ0v) is 7.13. The SMILES string of the molecule is COC(=O)CCCC#CCON. The maximum Gasteiger partial charge on any atom is 0.305 e. The van der Waals surface area contributed by atoms with Gasteiger partial charge in [-0.3, -0.25) is 9.63 Å². The monoisotopic (exact) mass is 171 g/mol. The Labute approximate surface area is 72.0 Å². The first-order chi connectivity index (χ1) is 5.81. The van der Waals surface area contributed by atoms with Crippen molar-refractivity contribution in [1.29, 1.82) is 0 Å². The van der Waals surface area contributed by atoms with Gasteiger partial charge < -0.3 is 4.74 Å². The molecule has 0 radical (unpaired) electrons. The maximum atomic E-state index is 10.6. The summed E-state index contributed by atoms with van der Waals surface area (Å²) < 4.78 is 4.45. The smallest absolute Gasteiger partial charge is 0.305 e. The number of carbonyl (C=O) groups is 1. The second-order valence-electron chi connectivity index (χ2n) is 2.09. The minimum Gasteiger partial charge on any atom is -0.469 e. The molecule has 0 aromatic heterocycles. The topological polar surface area (TPSA) is 61.5 Å². The van der Waals surface area contributed by atoms with Gasteiger partial charge in [0, 0.05) is 12.8 Å². The molecule has 0 amide bonds. The highest BCUT2D eigenvalue weighted by Gasteiger charge is 1.96. The van der Waals surface area contributed by atoms with Gasteiger partial charge in [-0.15, -0.1) is 5.92 Å². The molecule has 0 bridgehead atoms. The second kappa shape index (κ2) is 8.05. The molecule has 12 heavy (non-hydrogen) atoms. The van der Waals surface area contributed by atoms with Crippen molar-refractivity contribution >= 4 is 5.97 Å². The highest BCUT2D eigenvalue weighted by atomic mass is 16.6. The van der Waals surface area contributed by atoms with E-state index in [-0.39, 0.29) is 12.6 Å². The lowest BCUT2D eigenvalue weighted by Crippen LogP contribution is -1.99. The number of rotatable bonds is 4. The predicted molar refractivity (Wildman–Crippen MR) is 43.8 cm³/mol. The molecule has 0 aromatic rings. The first-order valence-corrected chi connectivity index (χ1v) is 3.65. The van der Waals surface area contributed by atoms with E-state index in [4.69, 9.17) is 5.90 Å². The van der Waals surface area contributed by atoms with Crippen LogP contribution in [0.2, 0.25) is 0 Å². The van der Waals surface area contributed by atoms with Gasteiger partial charge in [-0.1, -0.05) is 5.92 Å². The fraction of sp³-hybridized carbons (Fsp3) is 0.625. The van der Waals surface area contributed by atoms with Crippen molar-refractivity contribution in [3.63, 3.8) is 0 Å². The van der Waals surface area contributed by atoms with Gasteiger partial charge in [0.25, 0.3) is 0 Å². The van der Waals surface area contributed by atoms with Gasteiger partial charge in [-0.25, -0.2) is 5.90 Å².